The zero-order chi connectivity index (χ0) is 10.8. The molecule has 0 aliphatic rings. The van der Waals surface area contributed by atoms with Gasteiger partial charge in [-0.15, -0.1) is 11.3 Å². The van der Waals surface area contributed by atoms with Gasteiger partial charge in [0.25, 0.3) is 0 Å². The maximum Gasteiger partial charge on any atom is 0.0942 e. The highest BCUT2D eigenvalue weighted by atomic mass is 127. The molecular weight excluding hydrogens is 327 g/mol. The van der Waals surface area contributed by atoms with Gasteiger partial charge in [0, 0.05) is 0 Å². The minimum atomic E-state index is 0.274. The van der Waals surface area contributed by atoms with Crippen LogP contribution in [0.1, 0.15) is 45.6 Å². The minimum absolute atomic E-state index is 0.274. The van der Waals surface area contributed by atoms with Gasteiger partial charge in [-0.25, -0.2) is 0 Å². The van der Waals surface area contributed by atoms with Crippen LogP contribution in [0.3, 0.4) is 0 Å². The molecule has 80 valence electrons. The molecule has 0 nitrogen and oxygen atoms in total. The van der Waals surface area contributed by atoms with E-state index < -0.39 is 0 Å². The van der Waals surface area contributed by atoms with Crippen LogP contribution in [0.2, 0.25) is 4.34 Å². The van der Waals surface area contributed by atoms with Crippen molar-refractivity contribution in [2.75, 3.05) is 0 Å². The average molecular weight is 343 g/mol. The van der Waals surface area contributed by atoms with Crippen LogP contribution in [0, 0.1) is 2.88 Å². The molecule has 0 fully saturated rings. The maximum atomic E-state index is 6.02. The van der Waals surface area contributed by atoms with E-state index in [9.17, 15) is 0 Å². The molecule has 14 heavy (non-hydrogen) atoms. The van der Waals surface area contributed by atoms with Gasteiger partial charge in [0.2, 0.25) is 0 Å². The lowest BCUT2D eigenvalue weighted by atomic mass is 9.82. The molecule has 0 spiro atoms. The Bertz CT molecular complexity index is 304. The molecule has 1 aromatic rings. The van der Waals surface area contributed by atoms with Gasteiger partial charge in [0.1, 0.15) is 0 Å². The molecule has 0 aromatic carbocycles. The summed E-state index contributed by atoms with van der Waals surface area (Å²) in [5.74, 6) is 0. The third-order valence-electron chi connectivity index (χ3n) is 2.54. The van der Waals surface area contributed by atoms with Crippen LogP contribution in [0.5, 0.6) is 0 Å². The first-order valence-electron chi connectivity index (χ1n) is 4.92. The number of hydrogen-bond acceptors (Lipinski definition) is 1. The summed E-state index contributed by atoms with van der Waals surface area (Å²) in [7, 11) is 0. The van der Waals surface area contributed by atoms with Crippen molar-refractivity contribution in [1.82, 2.24) is 0 Å². The second kappa shape index (κ2) is 5.17. The highest BCUT2D eigenvalue weighted by molar-refractivity contribution is 14.1. The lowest BCUT2D eigenvalue weighted by Gasteiger charge is -2.24. The summed E-state index contributed by atoms with van der Waals surface area (Å²) in [6.45, 7) is 6.86. The molecule has 0 unspecified atom stereocenters. The van der Waals surface area contributed by atoms with E-state index in [-0.39, 0.29) is 5.41 Å². The Kier molecular flexibility index (Phi) is 4.72. The van der Waals surface area contributed by atoms with Gasteiger partial charge in [-0.2, -0.15) is 0 Å². The van der Waals surface area contributed by atoms with Crippen LogP contribution >= 0.6 is 45.5 Å². The van der Waals surface area contributed by atoms with Crippen LogP contribution in [0.4, 0.5) is 0 Å². The third-order valence-corrected chi connectivity index (χ3v) is 4.84. The van der Waals surface area contributed by atoms with E-state index in [1.807, 2.05) is 0 Å². The lowest BCUT2D eigenvalue weighted by Crippen LogP contribution is -2.17. The first-order chi connectivity index (χ1) is 6.47. The monoisotopic (exact) mass is 342 g/mol. The van der Waals surface area contributed by atoms with Crippen molar-refractivity contribution in [1.29, 1.82) is 0 Å². The van der Waals surface area contributed by atoms with Crippen LogP contribution in [0.15, 0.2) is 6.07 Å². The van der Waals surface area contributed by atoms with Crippen LogP contribution in [0.25, 0.3) is 0 Å². The summed E-state index contributed by atoms with van der Waals surface area (Å²) >= 11 is 10.1. The van der Waals surface area contributed by atoms with Gasteiger partial charge in [-0.3, -0.25) is 0 Å². The van der Waals surface area contributed by atoms with Gasteiger partial charge >= 0.3 is 0 Å². The first-order valence-corrected chi connectivity index (χ1v) is 7.20. The van der Waals surface area contributed by atoms with E-state index in [4.69, 9.17) is 11.6 Å². The fourth-order valence-electron chi connectivity index (χ4n) is 1.56. The number of hydrogen-bond donors (Lipinski definition) is 0. The molecule has 0 bridgehead atoms. The maximum absolute atomic E-state index is 6.02. The number of halogens is 2. The Labute approximate surface area is 109 Å². The molecule has 1 heterocycles. The Morgan fingerprint density at radius 2 is 2.14 bits per heavy atom. The largest absolute Gasteiger partial charge is 0.117 e. The Hall–Kier alpha value is 0.720. The highest BCUT2D eigenvalue weighted by Gasteiger charge is 2.24. The van der Waals surface area contributed by atoms with Crippen molar-refractivity contribution in [2.45, 2.75) is 45.4 Å². The average Bonchev–Trinajstić information content (AvgIpc) is 2.42. The molecule has 0 radical (unpaired) electrons. The quantitative estimate of drug-likeness (QED) is 0.636. The molecule has 1 aromatic heterocycles. The van der Waals surface area contributed by atoms with Crippen molar-refractivity contribution in [2.24, 2.45) is 0 Å². The molecule has 0 atom stereocenters. The molecule has 0 aliphatic heterocycles. The Balaban J connectivity index is 2.85. The van der Waals surface area contributed by atoms with Crippen LogP contribution in [-0.4, -0.2) is 0 Å². The van der Waals surface area contributed by atoms with Crippen molar-refractivity contribution < 1.29 is 0 Å². The molecule has 0 saturated carbocycles. The fourth-order valence-corrected chi connectivity index (χ4v) is 4.68. The summed E-state index contributed by atoms with van der Waals surface area (Å²) in [5.41, 5.74) is 1.69. The zero-order valence-electron chi connectivity index (χ0n) is 8.86. The molecule has 1 rings (SSSR count). The number of unbranched alkanes of at least 4 members (excludes halogenated alkanes) is 1. The molecule has 0 saturated heterocycles. The van der Waals surface area contributed by atoms with Crippen molar-refractivity contribution >= 4 is 45.5 Å². The van der Waals surface area contributed by atoms with Crippen LogP contribution in [-0.2, 0) is 5.41 Å². The lowest BCUT2D eigenvalue weighted by molar-refractivity contribution is 0.457. The van der Waals surface area contributed by atoms with Gasteiger partial charge in [0.05, 0.1) is 7.22 Å². The van der Waals surface area contributed by atoms with Gasteiger partial charge in [-0.1, -0.05) is 45.2 Å². The van der Waals surface area contributed by atoms with E-state index in [1.165, 1.54) is 27.7 Å². The summed E-state index contributed by atoms with van der Waals surface area (Å²) in [6.07, 6.45) is 3.79. The van der Waals surface area contributed by atoms with E-state index >= 15 is 0 Å². The predicted octanol–water partition coefficient (Wildman–Crippen LogP) is 5.47. The highest BCUT2D eigenvalue weighted by Crippen LogP contribution is 2.38. The minimum Gasteiger partial charge on any atom is -0.117 e. The standard InChI is InChI=1S/C11H16ClIS/c1-4-5-6-11(2,3)8-7-9(12)14-10(8)13/h7H,4-6H2,1-3H3. The molecular formula is C11H16ClIS. The van der Waals surface area contributed by atoms with Gasteiger partial charge in [0.15, 0.2) is 0 Å². The van der Waals surface area contributed by atoms with E-state index in [1.54, 1.807) is 11.3 Å². The second-order valence-corrected chi connectivity index (χ2v) is 7.72. The van der Waals surface area contributed by atoms with E-state index in [2.05, 4.69) is 49.4 Å². The topological polar surface area (TPSA) is 0 Å². The fraction of sp³-hybridized carbons (Fsp3) is 0.636. The summed E-state index contributed by atoms with van der Waals surface area (Å²) in [4.78, 5) is 0. The smallest absolute Gasteiger partial charge is 0.0942 e. The molecule has 0 N–H and O–H groups in total. The van der Waals surface area contributed by atoms with Crippen molar-refractivity contribution in [3.8, 4) is 0 Å². The summed E-state index contributed by atoms with van der Waals surface area (Å²) < 4.78 is 2.25. The molecule has 3 heteroatoms. The Morgan fingerprint density at radius 1 is 1.50 bits per heavy atom. The summed E-state index contributed by atoms with van der Waals surface area (Å²) in [5, 5.41) is 0. The van der Waals surface area contributed by atoms with Crippen LogP contribution < -0.4 is 0 Å². The Morgan fingerprint density at radius 3 is 2.57 bits per heavy atom. The van der Waals surface area contributed by atoms with E-state index in [0.29, 0.717) is 0 Å². The third kappa shape index (κ3) is 3.11. The predicted molar refractivity (Wildman–Crippen MR) is 74.6 cm³/mol. The van der Waals surface area contributed by atoms with Gasteiger partial charge in [-0.05, 0) is 46.1 Å². The van der Waals surface area contributed by atoms with Gasteiger partial charge < -0.3 is 0 Å². The normalized spacial score (nSPS) is 12.1. The van der Waals surface area contributed by atoms with Crippen molar-refractivity contribution in [3.05, 3.63) is 18.9 Å². The second-order valence-electron chi connectivity index (χ2n) is 4.23. The SMILES string of the molecule is CCCCC(C)(C)c1cc(Cl)sc1I. The number of thiophene rings is 1. The summed E-state index contributed by atoms with van der Waals surface area (Å²) in [6, 6.07) is 2.13. The van der Waals surface area contributed by atoms with E-state index in [0.717, 1.165) is 4.34 Å². The first kappa shape index (κ1) is 12.8. The van der Waals surface area contributed by atoms with Crippen molar-refractivity contribution in [3.63, 3.8) is 0 Å². The number of rotatable bonds is 4. The molecule has 0 aliphatic carbocycles. The molecule has 0 amide bonds. The zero-order valence-corrected chi connectivity index (χ0v) is 12.6.